The summed E-state index contributed by atoms with van der Waals surface area (Å²) >= 11 is 0. The van der Waals surface area contributed by atoms with Gasteiger partial charge in [0, 0.05) is 0 Å². The number of carbonyl (C=O) groups is 2. The molecule has 1 N–H and O–H groups in total. The molecular weight excluding hydrogens is 315 g/mol. The molecule has 128 valence electrons. The van der Waals surface area contributed by atoms with Crippen molar-refractivity contribution in [3.05, 3.63) is 29.8 Å². The topological polar surface area (TPSA) is 64.6 Å². The fraction of sp³-hybridized carbons (Fsp3) is 0.467. The number of esters is 1. The predicted octanol–water partition coefficient (Wildman–Crippen LogP) is 2.59. The Hall–Kier alpha value is -2.25. The van der Waals surface area contributed by atoms with Crippen molar-refractivity contribution in [2.75, 3.05) is 6.54 Å². The van der Waals surface area contributed by atoms with Gasteiger partial charge < -0.3 is 14.8 Å². The molecule has 0 fully saturated rings. The average Bonchev–Trinajstić information content (AvgIpc) is 2.35. The summed E-state index contributed by atoms with van der Waals surface area (Å²) in [6, 6.07) is 4.91. The quantitative estimate of drug-likeness (QED) is 0.841. The Morgan fingerprint density at radius 2 is 1.65 bits per heavy atom. The van der Waals surface area contributed by atoms with Crippen molar-refractivity contribution < 1.29 is 32.2 Å². The van der Waals surface area contributed by atoms with Gasteiger partial charge in [-0.2, -0.15) is 0 Å². The Balaban J connectivity index is 2.44. The van der Waals surface area contributed by atoms with Crippen LogP contribution in [0.1, 0.15) is 26.3 Å². The monoisotopic (exact) mass is 333 g/mol. The van der Waals surface area contributed by atoms with Crippen molar-refractivity contribution in [2.45, 2.75) is 39.2 Å². The summed E-state index contributed by atoms with van der Waals surface area (Å²) in [4.78, 5) is 23.1. The number of benzene rings is 1. The van der Waals surface area contributed by atoms with E-state index in [0.29, 0.717) is 5.56 Å². The predicted molar refractivity (Wildman–Crippen MR) is 75.7 cm³/mol. The molecule has 0 unspecified atom stereocenters. The standard InChI is InChI=1S/C15H18F3NO4/c1-14(2,3)23-13(21)9-19-12(20)8-10-4-6-11(7-5-10)22-15(16,17)18/h4-7H,8-9H2,1-3H3,(H,19,20). The number of halogens is 3. The fourth-order valence-corrected chi connectivity index (χ4v) is 1.61. The largest absolute Gasteiger partial charge is 0.573 e. The van der Waals surface area contributed by atoms with Crippen LogP contribution in [0.4, 0.5) is 13.2 Å². The SMILES string of the molecule is CC(C)(C)OC(=O)CNC(=O)Cc1ccc(OC(F)(F)F)cc1. The van der Waals surface area contributed by atoms with Crippen LogP contribution in [0.25, 0.3) is 0 Å². The van der Waals surface area contributed by atoms with Crippen molar-refractivity contribution in [3.63, 3.8) is 0 Å². The lowest BCUT2D eigenvalue weighted by atomic mass is 10.1. The second-order valence-electron chi connectivity index (χ2n) is 5.73. The third kappa shape index (κ3) is 8.70. The summed E-state index contributed by atoms with van der Waals surface area (Å²) in [5.74, 6) is -1.38. The van der Waals surface area contributed by atoms with Crippen LogP contribution in [0.5, 0.6) is 5.75 Å². The van der Waals surface area contributed by atoms with Crippen LogP contribution in [0.15, 0.2) is 24.3 Å². The molecule has 8 heteroatoms. The minimum atomic E-state index is -4.76. The van der Waals surface area contributed by atoms with Crippen LogP contribution in [-0.2, 0) is 20.7 Å². The van der Waals surface area contributed by atoms with Gasteiger partial charge >= 0.3 is 12.3 Å². The third-order valence-electron chi connectivity index (χ3n) is 2.37. The summed E-state index contributed by atoms with van der Waals surface area (Å²) in [5, 5.41) is 2.38. The molecule has 1 amide bonds. The van der Waals surface area contributed by atoms with Gasteiger partial charge in [-0.15, -0.1) is 13.2 Å². The number of carbonyl (C=O) groups excluding carboxylic acids is 2. The van der Waals surface area contributed by atoms with E-state index in [0.717, 1.165) is 12.1 Å². The number of nitrogens with one attached hydrogen (secondary N) is 1. The first-order valence-corrected chi connectivity index (χ1v) is 6.78. The van der Waals surface area contributed by atoms with E-state index < -0.39 is 23.8 Å². The summed E-state index contributed by atoms with van der Waals surface area (Å²) in [6.45, 7) is 4.84. The molecule has 0 atom stereocenters. The van der Waals surface area contributed by atoms with E-state index in [9.17, 15) is 22.8 Å². The van der Waals surface area contributed by atoms with Gasteiger partial charge in [-0.1, -0.05) is 12.1 Å². The first kappa shape index (κ1) is 18.8. The van der Waals surface area contributed by atoms with Crippen molar-refractivity contribution in [3.8, 4) is 5.75 Å². The van der Waals surface area contributed by atoms with E-state index in [2.05, 4.69) is 10.1 Å². The maximum atomic E-state index is 12.0. The van der Waals surface area contributed by atoms with Crippen molar-refractivity contribution in [1.82, 2.24) is 5.32 Å². The van der Waals surface area contributed by atoms with E-state index in [1.807, 2.05) is 0 Å². The molecule has 23 heavy (non-hydrogen) atoms. The number of ether oxygens (including phenoxy) is 2. The van der Waals surface area contributed by atoms with Crippen LogP contribution in [0.3, 0.4) is 0 Å². The molecule has 0 aliphatic rings. The zero-order valence-corrected chi connectivity index (χ0v) is 13.0. The minimum Gasteiger partial charge on any atom is -0.459 e. The van der Waals surface area contributed by atoms with Crippen molar-refractivity contribution in [2.24, 2.45) is 0 Å². The zero-order valence-electron chi connectivity index (χ0n) is 13.0. The molecule has 1 aromatic rings. The van der Waals surface area contributed by atoms with Crippen LogP contribution >= 0.6 is 0 Å². The molecular formula is C15H18F3NO4. The van der Waals surface area contributed by atoms with Crippen molar-refractivity contribution in [1.29, 1.82) is 0 Å². The highest BCUT2D eigenvalue weighted by atomic mass is 19.4. The van der Waals surface area contributed by atoms with Gasteiger partial charge in [-0.3, -0.25) is 9.59 Å². The van der Waals surface area contributed by atoms with E-state index in [1.165, 1.54) is 12.1 Å². The molecule has 0 radical (unpaired) electrons. The van der Waals surface area contributed by atoms with E-state index >= 15 is 0 Å². The molecule has 0 heterocycles. The van der Waals surface area contributed by atoms with Gasteiger partial charge in [0.1, 0.15) is 17.9 Å². The maximum absolute atomic E-state index is 12.0. The molecule has 0 aliphatic carbocycles. The fourth-order valence-electron chi connectivity index (χ4n) is 1.61. The highest BCUT2D eigenvalue weighted by Gasteiger charge is 2.30. The smallest absolute Gasteiger partial charge is 0.459 e. The second-order valence-corrected chi connectivity index (χ2v) is 5.73. The number of hydrogen-bond donors (Lipinski definition) is 1. The Labute approximate surface area is 131 Å². The summed E-state index contributed by atoms with van der Waals surface area (Å²) in [6.07, 6.45) is -4.83. The number of hydrogen-bond acceptors (Lipinski definition) is 4. The molecule has 0 spiro atoms. The lowest BCUT2D eigenvalue weighted by molar-refractivity contribution is -0.274. The lowest BCUT2D eigenvalue weighted by Gasteiger charge is -2.19. The lowest BCUT2D eigenvalue weighted by Crippen LogP contribution is -2.35. The van der Waals surface area contributed by atoms with Crippen LogP contribution in [-0.4, -0.2) is 30.4 Å². The van der Waals surface area contributed by atoms with Crippen molar-refractivity contribution >= 4 is 11.9 Å². The highest BCUT2D eigenvalue weighted by Crippen LogP contribution is 2.22. The Bertz CT molecular complexity index is 547. The Morgan fingerprint density at radius 1 is 1.09 bits per heavy atom. The summed E-state index contributed by atoms with van der Waals surface area (Å²) < 4.78 is 44.8. The van der Waals surface area contributed by atoms with Crippen LogP contribution in [0, 0.1) is 0 Å². The Kier molecular flexibility index (Phi) is 6.00. The van der Waals surface area contributed by atoms with Gasteiger partial charge in [0.05, 0.1) is 6.42 Å². The summed E-state index contributed by atoms with van der Waals surface area (Å²) in [7, 11) is 0. The molecule has 0 bridgehead atoms. The minimum absolute atomic E-state index is 0.0743. The zero-order chi connectivity index (χ0) is 17.7. The van der Waals surface area contributed by atoms with Gasteiger partial charge in [-0.05, 0) is 38.5 Å². The molecule has 0 saturated heterocycles. The molecule has 0 aliphatic heterocycles. The normalized spacial score (nSPS) is 11.7. The van der Waals surface area contributed by atoms with E-state index in [1.54, 1.807) is 20.8 Å². The van der Waals surface area contributed by atoms with Gasteiger partial charge in [0.25, 0.3) is 0 Å². The van der Waals surface area contributed by atoms with Crippen LogP contribution < -0.4 is 10.1 Å². The molecule has 5 nitrogen and oxygen atoms in total. The average molecular weight is 333 g/mol. The summed E-state index contributed by atoms with van der Waals surface area (Å²) in [5.41, 5.74) is -0.155. The first-order valence-electron chi connectivity index (χ1n) is 6.78. The Morgan fingerprint density at radius 3 is 2.13 bits per heavy atom. The van der Waals surface area contributed by atoms with Gasteiger partial charge in [0.15, 0.2) is 0 Å². The molecule has 1 rings (SSSR count). The van der Waals surface area contributed by atoms with E-state index in [4.69, 9.17) is 4.74 Å². The third-order valence-corrected chi connectivity index (χ3v) is 2.37. The number of amides is 1. The van der Waals surface area contributed by atoms with Crippen LogP contribution in [0.2, 0.25) is 0 Å². The van der Waals surface area contributed by atoms with Gasteiger partial charge in [-0.25, -0.2) is 0 Å². The van der Waals surface area contributed by atoms with E-state index in [-0.39, 0.29) is 18.7 Å². The second kappa shape index (κ2) is 7.34. The number of rotatable bonds is 5. The van der Waals surface area contributed by atoms with Gasteiger partial charge in [0.2, 0.25) is 5.91 Å². The number of alkyl halides is 3. The molecule has 0 aromatic heterocycles. The first-order chi connectivity index (χ1) is 10.4. The molecule has 1 aromatic carbocycles. The highest BCUT2D eigenvalue weighted by molar-refractivity contribution is 5.83. The molecule has 0 saturated carbocycles. The maximum Gasteiger partial charge on any atom is 0.573 e.